The number of aromatic amines is 1. The van der Waals surface area contributed by atoms with Gasteiger partial charge in [0.2, 0.25) is 11.9 Å². The number of H-pyrrole nitrogens is 1. The van der Waals surface area contributed by atoms with Gasteiger partial charge >= 0.3 is 0 Å². The highest BCUT2D eigenvalue weighted by Gasteiger charge is 2.15. The van der Waals surface area contributed by atoms with Crippen LogP contribution in [0.4, 0.5) is 5.95 Å². The second-order valence-electron chi connectivity index (χ2n) is 6.81. The molecule has 3 N–H and O–H groups in total. The maximum Gasteiger partial charge on any atom is 0.280 e. The summed E-state index contributed by atoms with van der Waals surface area (Å²) in [6.45, 7) is 3.76. The van der Waals surface area contributed by atoms with Crippen LogP contribution >= 0.6 is 0 Å². The van der Waals surface area contributed by atoms with E-state index in [9.17, 15) is 14.7 Å². The molecule has 0 radical (unpaired) electrons. The number of rotatable bonds is 7. The number of carbonyl (C=O) groups excluding carboxylic acids is 1. The number of aliphatic hydroxyl groups excluding tert-OH is 1. The minimum Gasteiger partial charge on any atom is -0.391 e. The van der Waals surface area contributed by atoms with Gasteiger partial charge in [-0.1, -0.05) is 44.2 Å². The molecule has 8 heteroatoms. The highest BCUT2D eigenvalue weighted by atomic mass is 16.3. The molecule has 8 nitrogen and oxygen atoms in total. The molecule has 2 aromatic heterocycles. The fourth-order valence-electron chi connectivity index (χ4n) is 2.70. The molecule has 142 valence electrons. The van der Waals surface area contributed by atoms with Gasteiger partial charge in [0, 0.05) is 5.92 Å². The number of fused-ring (bicyclic) bond motifs is 1. The van der Waals surface area contributed by atoms with E-state index < -0.39 is 11.7 Å². The van der Waals surface area contributed by atoms with E-state index in [-0.39, 0.29) is 29.8 Å². The van der Waals surface area contributed by atoms with Gasteiger partial charge in [0.15, 0.2) is 11.2 Å². The van der Waals surface area contributed by atoms with Crippen molar-refractivity contribution in [3.63, 3.8) is 0 Å². The number of hydrogen-bond donors (Lipinski definition) is 3. The van der Waals surface area contributed by atoms with E-state index in [1.807, 2.05) is 30.3 Å². The number of nitrogens with one attached hydrogen (secondary N) is 2. The van der Waals surface area contributed by atoms with Crippen LogP contribution in [0.5, 0.6) is 0 Å². The molecule has 0 aliphatic rings. The first-order chi connectivity index (χ1) is 12.9. The van der Waals surface area contributed by atoms with Crippen molar-refractivity contribution in [3.8, 4) is 0 Å². The summed E-state index contributed by atoms with van der Waals surface area (Å²) in [6, 6.07) is 9.92. The first-order valence-electron chi connectivity index (χ1n) is 8.92. The summed E-state index contributed by atoms with van der Waals surface area (Å²) in [4.78, 5) is 34.9. The molecular weight excluding hydrogens is 346 g/mol. The van der Waals surface area contributed by atoms with Crippen molar-refractivity contribution in [1.29, 1.82) is 0 Å². The fraction of sp³-hybridized carbons (Fsp3) is 0.368. The molecule has 1 amide bonds. The van der Waals surface area contributed by atoms with E-state index >= 15 is 0 Å². The predicted molar refractivity (Wildman–Crippen MR) is 102 cm³/mol. The molecule has 0 aliphatic carbocycles. The van der Waals surface area contributed by atoms with Crippen LogP contribution in [0.3, 0.4) is 0 Å². The molecular formula is C19H23N5O3. The minimum absolute atomic E-state index is 0.0757. The van der Waals surface area contributed by atoms with E-state index in [1.54, 1.807) is 18.4 Å². The molecule has 1 unspecified atom stereocenters. The van der Waals surface area contributed by atoms with Gasteiger partial charge in [0.25, 0.3) is 5.56 Å². The number of aryl methyl sites for hydroxylation is 1. The van der Waals surface area contributed by atoms with Crippen molar-refractivity contribution in [2.45, 2.75) is 39.3 Å². The molecule has 27 heavy (non-hydrogen) atoms. The zero-order valence-electron chi connectivity index (χ0n) is 15.3. The fourth-order valence-corrected chi connectivity index (χ4v) is 2.70. The third-order valence-corrected chi connectivity index (χ3v) is 4.26. The van der Waals surface area contributed by atoms with Crippen molar-refractivity contribution < 1.29 is 9.90 Å². The van der Waals surface area contributed by atoms with Gasteiger partial charge in [0.1, 0.15) is 0 Å². The van der Waals surface area contributed by atoms with Crippen molar-refractivity contribution in [2.75, 3.05) is 5.32 Å². The Morgan fingerprint density at radius 2 is 2.04 bits per heavy atom. The zero-order chi connectivity index (χ0) is 19.4. The van der Waals surface area contributed by atoms with E-state index in [4.69, 9.17) is 0 Å². The SMILES string of the molecule is CC(C)C(=O)Nc1nc2c(ncn2CC(O)CCc2ccccc2)c(=O)[nH]1. The molecule has 0 saturated carbocycles. The van der Waals surface area contributed by atoms with Gasteiger partial charge in [-0.15, -0.1) is 0 Å². The van der Waals surface area contributed by atoms with Crippen molar-refractivity contribution in [1.82, 2.24) is 19.5 Å². The maximum atomic E-state index is 12.2. The van der Waals surface area contributed by atoms with E-state index in [2.05, 4.69) is 20.3 Å². The molecule has 3 rings (SSSR count). The predicted octanol–water partition coefficient (Wildman–Crippen LogP) is 1.71. The number of imidazole rings is 1. The molecule has 0 spiro atoms. The molecule has 0 bridgehead atoms. The number of amides is 1. The Bertz CT molecular complexity index is 978. The summed E-state index contributed by atoms with van der Waals surface area (Å²) < 4.78 is 1.63. The number of aliphatic hydroxyl groups is 1. The Kier molecular flexibility index (Phi) is 5.66. The summed E-state index contributed by atoms with van der Waals surface area (Å²) in [7, 11) is 0. The van der Waals surface area contributed by atoms with Gasteiger partial charge in [0.05, 0.1) is 19.0 Å². The molecule has 2 heterocycles. The zero-order valence-corrected chi connectivity index (χ0v) is 15.3. The molecule has 1 atom stereocenters. The van der Waals surface area contributed by atoms with Gasteiger partial charge in [-0.05, 0) is 18.4 Å². The van der Waals surface area contributed by atoms with Crippen LogP contribution in [-0.4, -0.2) is 36.6 Å². The van der Waals surface area contributed by atoms with E-state index in [0.717, 1.165) is 12.0 Å². The van der Waals surface area contributed by atoms with Crippen LogP contribution in [0.15, 0.2) is 41.5 Å². The topological polar surface area (TPSA) is 113 Å². The largest absolute Gasteiger partial charge is 0.391 e. The van der Waals surface area contributed by atoms with Crippen LogP contribution in [0, 0.1) is 5.92 Å². The number of anilines is 1. The monoisotopic (exact) mass is 369 g/mol. The Morgan fingerprint density at radius 3 is 2.74 bits per heavy atom. The Labute approximate surface area is 156 Å². The quantitative estimate of drug-likeness (QED) is 0.587. The summed E-state index contributed by atoms with van der Waals surface area (Å²) in [6.07, 6.45) is 2.19. The van der Waals surface area contributed by atoms with Crippen LogP contribution in [0.2, 0.25) is 0 Å². The maximum absolute atomic E-state index is 12.2. The normalized spacial score (nSPS) is 12.4. The van der Waals surface area contributed by atoms with Crippen LogP contribution in [-0.2, 0) is 17.8 Å². The molecule has 1 aromatic carbocycles. The number of hydrogen-bond acceptors (Lipinski definition) is 5. The first kappa shape index (κ1) is 18.8. The summed E-state index contributed by atoms with van der Waals surface area (Å²) in [5, 5.41) is 12.9. The Hall–Kier alpha value is -3.00. The van der Waals surface area contributed by atoms with Crippen LogP contribution in [0.1, 0.15) is 25.8 Å². The lowest BCUT2D eigenvalue weighted by Gasteiger charge is -2.12. The lowest BCUT2D eigenvalue weighted by molar-refractivity contribution is -0.118. The number of carbonyl (C=O) groups is 1. The second kappa shape index (κ2) is 8.13. The Morgan fingerprint density at radius 1 is 1.30 bits per heavy atom. The number of benzene rings is 1. The lowest BCUT2D eigenvalue weighted by Crippen LogP contribution is -2.23. The third-order valence-electron chi connectivity index (χ3n) is 4.26. The standard InChI is InChI=1S/C19H23N5O3/c1-12(2)17(26)22-19-21-16-15(18(27)23-19)20-11-24(16)10-14(25)9-8-13-6-4-3-5-7-13/h3-7,11-12,14,25H,8-10H2,1-2H3,(H2,21,22,23,26,27). The minimum atomic E-state index is -0.614. The van der Waals surface area contributed by atoms with Crippen LogP contribution < -0.4 is 10.9 Å². The van der Waals surface area contributed by atoms with Gasteiger partial charge in [-0.3, -0.25) is 19.9 Å². The molecule has 0 fully saturated rings. The first-order valence-corrected chi connectivity index (χ1v) is 8.92. The second-order valence-corrected chi connectivity index (χ2v) is 6.81. The summed E-state index contributed by atoms with van der Waals surface area (Å²) in [5.74, 6) is -0.408. The van der Waals surface area contributed by atoms with Crippen LogP contribution in [0.25, 0.3) is 11.2 Å². The van der Waals surface area contributed by atoms with Gasteiger partial charge in [-0.25, -0.2) is 4.98 Å². The van der Waals surface area contributed by atoms with Gasteiger partial charge < -0.3 is 9.67 Å². The lowest BCUT2D eigenvalue weighted by atomic mass is 10.1. The number of aromatic nitrogens is 4. The Balaban J connectivity index is 1.75. The molecule has 0 aliphatic heterocycles. The van der Waals surface area contributed by atoms with E-state index in [0.29, 0.717) is 12.1 Å². The smallest absolute Gasteiger partial charge is 0.280 e. The summed E-state index contributed by atoms with van der Waals surface area (Å²) >= 11 is 0. The average Bonchev–Trinajstić information content (AvgIpc) is 3.04. The highest BCUT2D eigenvalue weighted by molar-refractivity contribution is 5.91. The summed E-state index contributed by atoms with van der Waals surface area (Å²) in [5.41, 5.74) is 1.22. The van der Waals surface area contributed by atoms with Crippen molar-refractivity contribution in [2.24, 2.45) is 5.92 Å². The van der Waals surface area contributed by atoms with Crippen molar-refractivity contribution in [3.05, 3.63) is 52.6 Å². The third kappa shape index (κ3) is 4.59. The van der Waals surface area contributed by atoms with Crippen molar-refractivity contribution >= 4 is 23.0 Å². The number of nitrogens with zero attached hydrogens (tertiary/aromatic N) is 3. The highest BCUT2D eigenvalue weighted by Crippen LogP contribution is 2.12. The molecule has 0 saturated heterocycles. The van der Waals surface area contributed by atoms with Gasteiger partial charge in [-0.2, -0.15) is 4.98 Å². The average molecular weight is 369 g/mol. The molecule has 3 aromatic rings. The van der Waals surface area contributed by atoms with E-state index in [1.165, 1.54) is 6.33 Å².